The summed E-state index contributed by atoms with van der Waals surface area (Å²) in [6.45, 7) is 3.21. The number of fused-ring (bicyclic) bond motifs is 1. The molecule has 0 aromatic heterocycles. The average Bonchev–Trinajstić information content (AvgIpc) is 2.67. The minimum Gasteiger partial charge on any atom is -0.493 e. The Morgan fingerprint density at radius 3 is 2.60 bits per heavy atom. The predicted molar refractivity (Wildman–Crippen MR) is 108 cm³/mol. The van der Waals surface area contributed by atoms with Gasteiger partial charge < -0.3 is 4.74 Å². The first-order valence-corrected chi connectivity index (χ1v) is 10.8. The summed E-state index contributed by atoms with van der Waals surface area (Å²) in [5.41, 5.74) is 2.89. The molecule has 0 spiro atoms. The number of hydrogen-bond acceptors (Lipinski definition) is 1. The third-order valence-corrected chi connectivity index (χ3v) is 6.11. The topological polar surface area (TPSA) is 9.23 Å². The number of ether oxygens (including phenoxy) is 1. The van der Waals surface area contributed by atoms with Crippen LogP contribution in [0, 0.1) is 5.92 Å². The fourth-order valence-electron chi connectivity index (χ4n) is 4.53. The zero-order valence-corrected chi connectivity index (χ0v) is 16.1. The van der Waals surface area contributed by atoms with Gasteiger partial charge in [-0.25, -0.2) is 0 Å². The highest BCUT2D eigenvalue weighted by Gasteiger charge is 2.23. The van der Waals surface area contributed by atoms with Crippen molar-refractivity contribution in [2.45, 2.75) is 89.9 Å². The third-order valence-electron chi connectivity index (χ3n) is 6.11. The summed E-state index contributed by atoms with van der Waals surface area (Å²) in [5.74, 6) is 2.63. The first kappa shape index (κ1) is 18.5. The highest BCUT2D eigenvalue weighted by molar-refractivity contribution is 5.66. The van der Waals surface area contributed by atoms with E-state index in [0.29, 0.717) is 5.92 Å². The second kappa shape index (κ2) is 10.0. The molecule has 0 bridgehead atoms. The summed E-state index contributed by atoms with van der Waals surface area (Å²) in [7, 11) is 0. The van der Waals surface area contributed by atoms with Gasteiger partial charge in [0.25, 0.3) is 0 Å². The number of hydrogen-bond donors (Lipinski definition) is 0. The van der Waals surface area contributed by atoms with E-state index in [1.165, 1.54) is 81.8 Å². The SMILES string of the molecule is CCCCCCCC1CC=C(OCC2CCCCC2)c2ccccc21. The number of benzene rings is 1. The van der Waals surface area contributed by atoms with Gasteiger partial charge in [0.05, 0.1) is 6.61 Å². The number of rotatable bonds is 9. The lowest BCUT2D eigenvalue weighted by atomic mass is 9.83. The first-order chi connectivity index (χ1) is 12.4. The van der Waals surface area contributed by atoms with Crippen LogP contribution in [0.1, 0.15) is 101 Å². The monoisotopic (exact) mass is 340 g/mol. The average molecular weight is 341 g/mol. The van der Waals surface area contributed by atoms with Crippen LogP contribution >= 0.6 is 0 Å². The molecule has 1 saturated carbocycles. The fraction of sp³-hybridized carbons (Fsp3) is 0.667. The largest absolute Gasteiger partial charge is 0.493 e. The van der Waals surface area contributed by atoms with Crippen LogP contribution in [-0.2, 0) is 4.74 Å². The van der Waals surface area contributed by atoms with Crippen LogP contribution in [-0.4, -0.2) is 6.61 Å². The van der Waals surface area contributed by atoms with Crippen molar-refractivity contribution in [3.63, 3.8) is 0 Å². The lowest BCUT2D eigenvalue weighted by molar-refractivity contribution is 0.182. The summed E-state index contributed by atoms with van der Waals surface area (Å²) < 4.78 is 6.32. The summed E-state index contributed by atoms with van der Waals surface area (Å²) in [6, 6.07) is 8.97. The van der Waals surface area contributed by atoms with Crippen LogP contribution in [0.4, 0.5) is 0 Å². The van der Waals surface area contributed by atoms with Gasteiger partial charge in [-0.3, -0.25) is 0 Å². The smallest absolute Gasteiger partial charge is 0.122 e. The van der Waals surface area contributed by atoms with Gasteiger partial charge in [0.2, 0.25) is 0 Å². The normalized spacial score (nSPS) is 20.8. The molecule has 1 heteroatoms. The van der Waals surface area contributed by atoms with Crippen molar-refractivity contribution in [3.05, 3.63) is 41.5 Å². The molecule has 3 rings (SSSR count). The van der Waals surface area contributed by atoms with Gasteiger partial charge in [-0.05, 0) is 49.2 Å². The van der Waals surface area contributed by atoms with Crippen molar-refractivity contribution in [3.8, 4) is 0 Å². The molecule has 1 nitrogen and oxygen atoms in total. The first-order valence-electron chi connectivity index (χ1n) is 10.8. The number of allylic oxidation sites excluding steroid dienone is 1. The molecular formula is C24H36O. The molecule has 0 saturated heterocycles. The third kappa shape index (κ3) is 5.36. The molecule has 0 amide bonds. The van der Waals surface area contributed by atoms with Crippen molar-refractivity contribution in [1.82, 2.24) is 0 Å². The molecule has 0 aliphatic heterocycles. The van der Waals surface area contributed by atoms with E-state index >= 15 is 0 Å². The Balaban J connectivity index is 1.55. The highest BCUT2D eigenvalue weighted by Crippen LogP contribution is 2.38. The van der Waals surface area contributed by atoms with Gasteiger partial charge >= 0.3 is 0 Å². The zero-order valence-electron chi connectivity index (χ0n) is 16.1. The quantitative estimate of drug-likeness (QED) is 0.423. The molecule has 0 heterocycles. The van der Waals surface area contributed by atoms with Crippen LogP contribution in [0.5, 0.6) is 0 Å². The summed E-state index contributed by atoms with van der Waals surface area (Å²) in [4.78, 5) is 0. The van der Waals surface area contributed by atoms with Gasteiger partial charge in [0.15, 0.2) is 0 Å². The maximum Gasteiger partial charge on any atom is 0.122 e. The maximum absolute atomic E-state index is 6.32. The van der Waals surface area contributed by atoms with Crippen LogP contribution in [0.25, 0.3) is 5.76 Å². The second-order valence-electron chi connectivity index (χ2n) is 8.11. The Bertz CT molecular complexity index is 539. The molecule has 2 aliphatic carbocycles. The van der Waals surface area contributed by atoms with E-state index in [9.17, 15) is 0 Å². The Kier molecular flexibility index (Phi) is 7.45. The molecule has 1 aromatic carbocycles. The van der Waals surface area contributed by atoms with E-state index in [0.717, 1.165) is 24.7 Å². The van der Waals surface area contributed by atoms with E-state index in [1.807, 2.05) is 0 Å². The summed E-state index contributed by atoms with van der Waals surface area (Å²) in [6.07, 6.45) is 18.7. The Morgan fingerprint density at radius 2 is 1.76 bits per heavy atom. The van der Waals surface area contributed by atoms with Crippen LogP contribution in [0.3, 0.4) is 0 Å². The summed E-state index contributed by atoms with van der Waals surface area (Å²) in [5, 5.41) is 0. The predicted octanol–water partition coefficient (Wildman–Crippen LogP) is 7.47. The molecular weight excluding hydrogens is 304 g/mol. The molecule has 1 aromatic rings. The van der Waals surface area contributed by atoms with Crippen molar-refractivity contribution in [2.75, 3.05) is 6.61 Å². The molecule has 0 radical (unpaired) electrons. The van der Waals surface area contributed by atoms with E-state index in [4.69, 9.17) is 4.74 Å². The highest BCUT2D eigenvalue weighted by atomic mass is 16.5. The van der Waals surface area contributed by atoms with Crippen molar-refractivity contribution >= 4 is 5.76 Å². The molecule has 25 heavy (non-hydrogen) atoms. The van der Waals surface area contributed by atoms with Crippen LogP contribution < -0.4 is 0 Å². The molecule has 0 N–H and O–H groups in total. The lowest BCUT2D eigenvalue weighted by Gasteiger charge is -2.28. The van der Waals surface area contributed by atoms with E-state index in [-0.39, 0.29) is 0 Å². The van der Waals surface area contributed by atoms with E-state index in [2.05, 4.69) is 37.3 Å². The Morgan fingerprint density at radius 1 is 0.960 bits per heavy atom. The molecule has 1 unspecified atom stereocenters. The van der Waals surface area contributed by atoms with Crippen molar-refractivity contribution in [2.24, 2.45) is 5.92 Å². The van der Waals surface area contributed by atoms with Gasteiger partial charge in [0, 0.05) is 5.56 Å². The van der Waals surface area contributed by atoms with Crippen molar-refractivity contribution < 1.29 is 4.74 Å². The fourth-order valence-corrected chi connectivity index (χ4v) is 4.53. The minimum absolute atomic E-state index is 0.694. The van der Waals surface area contributed by atoms with Crippen molar-refractivity contribution in [1.29, 1.82) is 0 Å². The van der Waals surface area contributed by atoms with E-state index in [1.54, 1.807) is 0 Å². The number of unbranched alkanes of at least 4 members (excludes halogenated alkanes) is 4. The Hall–Kier alpha value is -1.24. The molecule has 1 atom stereocenters. The van der Waals surface area contributed by atoms with Gasteiger partial charge in [0.1, 0.15) is 5.76 Å². The molecule has 138 valence electrons. The standard InChI is InChI=1S/C24H36O/c1-2-3-4-5-9-14-21-17-18-24(23-16-11-10-15-22(21)23)25-19-20-12-7-6-8-13-20/h10-11,15-16,18,20-21H,2-9,12-14,17,19H2,1H3. The second-order valence-corrected chi connectivity index (χ2v) is 8.11. The van der Waals surface area contributed by atoms with Crippen LogP contribution in [0.15, 0.2) is 30.3 Å². The summed E-state index contributed by atoms with van der Waals surface area (Å²) >= 11 is 0. The maximum atomic E-state index is 6.32. The minimum atomic E-state index is 0.694. The Labute approximate surface area is 154 Å². The van der Waals surface area contributed by atoms with Gasteiger partial charge in [-0.2, -0.15) is 0 Å². The molecule has 1 fully saturated rings. The zero-order chi connectivity index (χ0) is 17.3. The van der Waals surface area contributed by atoms with Crippen LogP contribution in [0.2, 0.25) is 0 Å². The lowest BCUT2D eigenvalue weighted by Crippen LogP contribution is -2.15. The van der Waals surface area contributed by atoms with E-state index < -0.39 is 0 Å². The van der Waals surface area contributed by atoms with Gasteiger partial charge in [-0.1, -0.05) is 82.6 Å². The molecule has 2 aliphatic rings. The van der Waals surface area contributed by atoms with Gasteiger partial charge in [-0.15, -0.1) is 0 Å².